The Morgan fingerprint density at radius 2 is 1.71 bits per heavy atom. The molecule has 0 spiro atoms. The smallest absolute Gasteiger partial charge is 0.337 e. The van der Waals surface area contributed by atoms with Gasteiger partial charge in [-0.1, -0.05) is 30.3 Å². The van der Waals surface area contributed by atoms with Crippen LogP contribution in [0.1, 0.15) is 22.8 Å². The van der Waals surface area contributed by atoms with E-state index < -0.39 is 17.9 Å². The second-order valence-corrected chi connectivity index (χ2v) is 6.07. The third-order valence-corrected chi connectivity index (χ3v) is 4.05. The Bertz CT molecular complexity index is 834. The molecule has 0 fully saturated rings. The first-order chi connectivity index (χ1) is 13.4. The van der Waals surface area contributed by atoms with E-state index >= 15 is 0 Å². The van der Waals surface area contributed by atoms with Crippen LogP contribution in [-0.4, -0.2) is 44.5 Å². The number of nitrogens with one attached hydrogen (secondary N) is 1. The van der Waals surface area contributed by atoms with Gasteiger partial charge in [-0.15, -0.1) is 0 Å². The summed E-state index contributed by atoms with van der Waals surface area (Å²) < 4.78 is 15.3. The Morgan fingerprint density at radius 1 is 1.00 bits per heavy atom. The number of esters is 1. The Balaban J connectivity index is 1.98. The first kappa shape index (κ1) is 21.0. The molecule has 2 aromatic rings. The van der Waals surface area contributed by atoms with E-state index in [1.807, 2.05) is 30.3 Å². The van der Waals surface area contributed by atoms with Crippen LogP contribution in [-0.2, 0) is 20.7 Å². The third kappa shape index (κ3) is 5.84. The zero-order valence-corrected chi connectivity index (χ0v) is 16.1. The fraction of sp³-hybridized carbons (Fsp3) is 0.286. The molecule has 28 heavy (non-hydrogen) atoms. The minimum absolute atomic E-state index is 0.141. The summed E-state index contributed by atoms with van der Waals surface area (Å²) in [5.41, 5.74) is 1.25. The minimum Gasteiger partial charge on any atom is -0.493 e. The number of benzene rings is 2. The van der Waals surface area contributed by atoms with Crippen molar-refractivity contribution in [2.75, 3.05) is 20.8 Å². The lowest BCUT2D eigenvalue weighted by Gasteiger charge is -2.17. The quantitative estimate of drug-likeness (QED) is 0.666. The van der Waals surface area contributed by atoms with Crippen molar-refractivity contribution < 1.29 is 28.6 Å². The van der Waals surface area contributed by atoms with Gasteiger partial charge >= 0.3 is 5.97 Å². The lowest BCUT2D eigenvalue weighted by Crippen LogP contribution is -2.43. The van der Waals surface area contributed by atoms with Crippen molar-refractivity contribution in [2.24, 2.45) is 0 Å². The summed E-state index contributed by atoms with van der Waals surface area (Å²) >= 11 is 0. The van der Waals surface area contributed by atoms with Gasteiger partial charge in [0.2, 0.25) is 0 Å². The molecule has 0 saturated carbocycles. The van der Waals surface area contributed by atoms with E-state index in [0.717, 1.165) is 5.56 Å². The number of rotatable bonds is 9. The highest BCUT2D eigenvalue weighted by atomic mass is 16.5. The highest BCUT2D eigenvalue weighted by molar-refractivity contribution is 5.90. The van der Waals surface area contributed by atoms with E-state index in [1.165, 1.54) is 39.3 Å². The van der Waals surface area contributed by atoms with Crippen LogP contribution < -0.4 is 14.8 Å². The molecule has 0 radical (unpaired) electrons. The molecule has 0 saturated heterocycles. The molecule has 1 N–H and O–H groups in total. The normalized spacial score (nSPS) is 11.2. The van der Waals surface area contributed by atoms with Crippen LogP contribution in [0.3, 0.4) is 0 Å². The number of Topliss-reactive ketones (excluding diaryl/α,β-unsaturated/α-hetero) is 1. The van der Waals surface area contributed by atoms with Crippen LogP contribution >= 0.6 is 0 Å². The minimum atomic E-state index is -0.637. The average molecular weight is 385 g/mol. The first-order valence-electron chi connectivity index (χ1n) is 8.67. The van der Waals surface area contributed by atoms with Gasteiger partial charge < -0.3 is 19.5 Å². The molecule has 148 valence electrons. The van der Waals surface area contributed by atoms with Crippen molar-refractivity contribution in [1.29, 1.82) is 0 Å². The Morgan fingerprint density at radius 3 is 2.32 bits per heavy atom. The molecule has 7 nitrogen and oxygen atoms in total. The number of ether oxygens (including phenoxy) is 3. The SMILES string of the molecule is COC(=O)c1ccc(OCC(=O)N[C@@H](Cc2ccccc2)C(C)=O)c(OC)c1. The van der Waals surface area contributed by atoms with Crippen molar-refractivity contribution in [2.45, 2.75) is 19.4 Å². The van der Waals surface area contributed by atoms with Crippen LogP contribution in [0.25, 0.3) is 0 Å². The van der Waals surface area contributed by atoms with Gasteiger partial charge in [0.1, 0.15) is 0 Å². The van der Waals surface area contributed by atoms with E-state index in [0.29, 0.717) is 23.5 Å². The summed E-state index contributed by atoms with van der Waals surface area (Å²) in [7, 11) is 2.71. The molecule has 0 heterocycles. The summed E-state index contributed by atoms with van der Waals surface area (Å²) in [6.45, 7) is 1.13. The van der Waals surface area contributed by atoms with Crippen molar-refractivity contribution >= 4 is 17.7 Å². The number of methoxy groups -OCH3 is 2. The summed E-state index contributed by atoms with van der Waals surface area (Å²) in [4.78, 5) is 35.7. The van der Waals surface area contributed by atoms with E-state index in [2.05, 4.69) is 10.1 Å². The van der Waals surface area contributed by atoms with Crippen LogP contribution in [0, 0.1) is 0 Å². The van der Waals surface area contributed by atoms with Crippen LogP contribution in [0.4, 0.5) is 0 Å². The van der Waals surface area contributed by atoms with Gasteiger partial charge in [-0.05, 0) is 37.1 Å². The van der Waals surface area contributed by atoms with Gasteiger partial charge in [0.15, 0.2) is 23.9 Å². The van der Waals surface area contributed by atoms with E-state index in [-0.39, 0.29) is 12.4 Å². The third-order valence-electron chi connectivity index (χ3n) is 4.05. The van der Waals surface area contributed by atoms with Gasteiger partial charge in [0, 0.05) is 0 Å². The Kier molecular flexibility index (Phi) is 7.56. The van der Waals surface area contributed by atoms with Crippen molar-refractivity contribution in [3.8, 4) is 11.5 Å². The topological polar surface area (TPSA) is 90.9 Å². The van der Waals surface area contributed by atoms with Gasteiger partial charge in [-0.2, -0.15) is 0 Å². The van der Waals surface area contributed by atoms with Gasteiger partial charge in [-0.3, -0.25) is 9.59 Å². The second-order valence-electron chi connectivity index (χ2n) is 6.07. The van der Waals surface area contributed by atoms with E-state index in [1.54, 1.807) is 0 Å². The van der Waals surface area contributed by atoms with Crippen LogP contribution in [0.2, 0.25) is 0 Å². The maximum atomic E-state index is 12.2. The Hall–Kier alpha value is -3.35. The molecule has 0 aliphatic rings. The molecule has 0 aliphatic carbocycles. The number of carbonyl (C=O) groups excluding carboxylic acids is 3. The van der Waals surface area contributed by atoms with Crippen LogP contribution in [0.5, 0.6) is 11.5 Å². The van der Waals surface area contributed by atoms with Crippen molar-refractivity contribution in [3.05, 3.63) is 59.7 Å². The van der Waals surface area contributed by atoms with Crippen molar-refractivity contribution in [3.63, 3.8) is 0 Å². The maximum absolute atomic E-state index is 12.2. The van der Waals surface area contributed by atoms with E-state index in [9.17, 15) is 14.4 Å². The lowest BCUT2D eigenvalue weighted by molar-refractivity contribution is -0.128. The van der Waals surface area contributed by atoms with Crippen LogP contribution in [0.15, 0.2) is 48.5 Å². The molecular weight excluding hydrogens is 362 g/mol. The monoisotopic (exact) mass is 385 g/mol. The number of hydrogen-bond acceptors (Lipinski definition) is 6. The summed E-state index contributed by atoms with van der Waals surface area (Å²) in [6, 6.07) is 13.3. The average Bonchev–Trinajstić information content (AvgIpc) is 2.71. The largest absolute Gasteiger partial charge is 0.493 e. The molecule has 1 atom stereocenters. The number of ketones is 1. The standard InChI is InChI=1S/C21H23NO6/c1-14(23)17(11-15-7-5-4-6-8-15)22-20(24)13-28-18-10-9-16(21(25)27-3)12-19(18)26-2/h4-10,12,17H,11,13H2,1-3H3,(H,22,24)/t17-/m0/s1. The highest BCUT2D eigenvalue weighted by Crippen LogP contribution is 2.28. The molecule has 0 bridgehead atoms. The second kappa shape index (κ2) is 10.1. The zero-order valence-electron chi connectivity index (χ0n) is 16.1. The number of amides is 1. The summed E-state index contributed by atoms with van der Waals surface area (Å²) in [6.07, 6.45) is 0.402. The molecule has 7 heteroatoms. The fourth-order valence-corrected chi connectivity index (χ4v) is 2.56. The summed E-state index contributed by atoms with van der Waals surface area (Å²) in [5, 5.41) is 2.68. The Labute approximate surface area is 163 Å². The molecule has 2 rings (SSSR count). The van der Waals surface area contributed by atoms with Gasteiger partial charge in [0.05, 0.1) is 25.8 Å². The number of hydrogen-bond donors (Lipinski definition) is 1. The molecule has 0 aliphatic heterocycles. The van der Waals surface area contributed by atoms with Gasteiger partial charge in [0.25, 0.3) is 5.91 Å². The molecular formula is C21H23NO6. The zero-order chi connectivity index (χ0) is 20.5. The predicted molar refractivity (Wildman–Crippen MR) is 103 cm³/mol. The molecule has 1 amide bonds. The predicted octanol–water partition coefficient (Wildman–Crippen LogP) is 2.18. The number of carbonyl (C=O) groups is 3. The highest BCUT2D eigenvalue weighted by Gasteiger charge is 2.19. The van der Waals surface area contributed by atoms with Gasteiger partial charge in [-0.25, -0.2) is 4.79 Å². The fourth-order valence-electron chi connectivity index (χ4n) is 2.56. The van der Waals surface area contributed by atoms with E-state index in [4.69, 9.17) is 9.47 Å². The summed E-state index contributed by atoms with van der Waals surface area (Å²) in [5.74, 6) is -0.490. The molecule has 0 unspecified atom stereocenters. The first-order valence-corrected chi connectivity index (χ1v) is 8.67. The lowest BCUT2D eigenvalue weighted by atomic mass is 10.0. The maximum Gasteiger partial charge on any atom is 0.337 e. The van der Waals surface area contributed by atoms with Crippen molar-refractivity contribution in [1.82, 2.24) is 5.32 Å². The molecule has 0 aromatic heterocycles. The molecule has 2 aromatic carbocycles.